The molecule has 2 rings (SSSR count). The van der Waals surface area contributed by atoms with Crippen molar-refractivity contribution in [2.75, 3.05) is 10.8 Å². The van der Waals surface area contributed by atoms with E-state index in [0.29, 0.717) is 10.6 Å². The molecular weight excluding hydrogens is 395 g/mol. The van der Waals surface area contributed by atoms with Gasteiger partial charge in [-0.1, -0.05) is 40.9 Å². The topological polar surface area (TPSA) is 80.5 Å². The lowest BCUT2D eigenvalue weighted by molar-refractivity contribution is -0.116. The first-order valence-electron chi connectivity index (χ1n) is 6.66. The molecule has 2 N–H and O–H groups in total. The maximum absolute atomic E-state index is 13.0. The largest absolute Gasteiger partial charge is 0.368 e. The van der Waals surface area contributed by atoms with Crippen LogP contribution in [0.4, 0.5) is 5.69 Å². The number of nitrogens with zero attached hydrogens (tertiary/aromatic N) is 1. The Morgan fingerprint density at radius 1 is 1.12 bits per heavy atom. The van der Waals surface area contributed by atoms with Crippen molar-refractivity contribution in [2.45, 2.75) is 11.8 Å². The summed E-state index contributed by atoms with van der Waals surface area (Å²) in [5.74, 6) is -0.823. The Bertz CT molecular complexity index is 901. The number of nitrogens with two attached hydrogens (primary N) is 1. The van der Waals surface area contributed by atoms with Gasteiger partial charge in [-0.2, -0.15) is 0 Å². The number of halogens is 3. The van der Waals surface area contributed by atoms with Gasteiger partial charge < -0.3 is 5.73 Å². The lowest BCUT2D eigenvalue weighted by Crippen LogP contribution is -2.39. The van der Waals surface area contributed by atoms with Crippen molar-refractivity contribution in [3.05, 3.63) is 57.0 Å². The average molecular weight is 408 g/mol. The normalized spacial score (nSPS) is 11.3. The van der Waals surface area contributed by atoms with E-state index in [9.17, 15) is 13.2 Å². The van der Waals surface area contributed by atoms with Gasteiger partial charge in [0.1, 0.15) is 11.4 Å². The summed E-state index contributed by atoms with van der Waals surface area (Å²) in [7, 11) is -4.18. The number of primary amides is 1. The van der Waals surface area contributed by atoms with Gasteiger partial charge in [-0.05, 0) is 42.8 Å². The van der Waals surface area contributed by atoms with E-state index < -0.39 is 22.5 Å². The number of sulfonamides is 1. The van der Waals surface area contributed by atoms with E-state index in [0.717, 1.165) is 4.31 Å². The van der Waals surface area contributed by atoms with Gasteiger partial charge in [-0.25, -0.2) is 8.42 Å². The third kappa shape index (κ3) is 3.78. The molecule has 0 bridgehead atoms. The molecule has 0 atom stereocenters. The standard InChI is InChI=1S/C15H13Cl3N2O3S/c1-9-11(17)3-2-4-13(9)20(8-15(19)21)24(22,23)14-7-10(16)5-6-12(14)18/h2-7H,8H2,1H3,(H2,19,21). The fourth-order valence-electron chi connectivity index (χ4n) is 2.10. The van der Waals surface area contributed by atoms with Crippen LogP contribution in [-0.2, 0) is 14.8 Å². The molecule has 0 fully saturated rings. The number of hydrogen-bond donors (Lipinski definition) is 1. The Hall–Kier alpha value is -1.47. The van der Waals surface area contributed by atoms with Crippen molar-refractivity contribution in [3.63, 3.8) is 0 Å². The highest BCUT2D eigenvalue weighted by molar-refractivity contribution is 7.93. The van der Waals surface area contributed by atoms with Crippen LogP contribution in [0.2, 0.25) is 15.1 Å². The molecule has 9 heteroatoms. The summed E-state index contributed by atoms with van der Waals surface area (Å²) in [5.41, 5.74) is 5.95. The minimum absolute atomic E-state index is 0.0199. The minimum atomic E-state index is -4.18. The van der Waals surface area contributed by atoms with Gasteiger partial charge in [0.25, 0.3) is 10.0 Å². The third-order valence-corrected chi connectivity index (χ3v) is 6.15. The van der Waals surface area contributed by atoms with Crippen LogP contribution in [0.1, 0.15) is 5.56 Å². The van der Waals surface area contributed by atoms with Crippen LogP contribution in [0, 0.1) is 6.92 Å². The van der Waals surface area contributed by atoms with Crippen LogP contribution >= 0.6 is 34.8 Å². The second-order valence-corrected chi connectivity index (χ2v) is 8.02. The highest BCUT2D eigenvalue weighted by atomic mass is 35.5. The molecule has 24 heavy (non-hydrogen) atoms. The Labute approximate surface area is 155 Å². The van der Waals surface area contributed by atoms with Crippen LogP contribution in [-0.4, -0.2) is 20.9 Å². The Morgan fingerprint density at radius 3 is 2.42 bits per heavy atom. The van der Waals surface area contributed by atoms with Crippen LogP contribution in [0.15, 0.2) is 41.3 Å². The minimum Gasteiger partial charge on any atom is -0.368 e. The van der Waals surface area contributed by atoms with Gasteiger partial charge in [0, 0.05) is 10.0 Å². The smallest absolute Gasteiger partial charge is 0.266 e. The fraction of sp³-hybridized carbons (Fsp3) is 0.133. The van der Waals surface area contributed by atoms with Crippen molar-refractivity contribution >= 4 is 56.4 Å². The molecule has 0 radical (unpaired) electrons. The highest BCUT2D eigenvalue weighted by Crippen LogP contribution is 2.33. The van der Waals surface area contributed by atoms with E-state index in [1.165, 1.54) is 24.3 Å². The molecule has 0 aliphatic rings. The molecule has 2 aromatic rings. The molecule has 0 aliphatic heterocycles. The molecule has 0 saturated heterocycles. The summed E-state index contributed by atoms with van der Waals surface area (Å²) in [5, 5.41) is 0.530. The van der Waals surface area contributed by atoms with Gasteiger partial charge in [-0.15, -0.1) is 0 Å². The van der Waals surface area contributed by atoms with Gasteiger partial charge in [0.15, 0.2) is 0 Å². The first-order valence-corrected chi connectivity index (χ1v) is 9.23. The number of benzene rings is 2. The number of carbonyl (C=O) groups is 1. The first-order chi connectivity index (χ1) is 11.1. The summed E-state index contributed by atoms with van der Waals surface area (Å²) in [6.07, 6.45) is 0. The second kappa shape index (κ2) is 7.19. The number of hydrogen-bond acceptors (Lipinski definition) is 3. The molecular formula is C15H13Cl3N2O3S. The summed E-state index contributed by atoms with van der Waals surface area (Å²) >= 11 is 18.0. The van der Waals surface area contributed by atoms with Crippen molar-refractivity contribution in [2.24, 2.45) is 5.73 Å². The predicted molar refractivity (Wildman–Crippen MR) is 96.4 cm³/mol. The van der Waals surface area contributed by atoms with Gasteiger partial charge in [-0.3, -0.25) is 9.10 Å². The van der Waals surface area contributed by atoms with E-state index in [1.54, 1.807) is 19.1 Å². The van der Waals surface area contributed by atoms with Crippen LogP contribution in [0.3, 0.4) is 0 Å². The molecule has 0 aliphatic carbocycles. The van der Waals surface area contributed by atoms with E-state index in [1.807, 2.05) is 0 Å². The average Bonchev–Trinajstić information content (AvgIpc) is 2.50. The quantitative estimate of drug-likeness (QED) is 0.821. The number of anilines is 1. The third-order valence-electron chi connectivity index (χ3n) is 3.27. The van der Waals surface area contributed by atoms with Crippen molar-refractivity contribution in [3.8, 4) is 0 Å². The lowest BCUT2D eigenvalue weighted by Gasteiger charge is -2.25. The lowest BCUT2D eigenvalue weighted by atomic mass is 10.2. The van der Waals surface area contributed by atoms with Gasteiger partial charge >= 0.3 is 0 Å². The zero-order valence-corrected chi connectivity index (χ0v) is 15.5. The molecule has 0 aromatic heterocycles. The Morgan fingerprint density at radius 2 is 1.79 bits per heavy atom. The first kappa shape index (κ1) is 18.9. The van der Waals surface area contributed by atoms with E-state index in [2.05, 4.69) is 0 Å². The number of amides is 1. The zero-order chi connectivity index (χ0) is 18.1. The Balaban J connectivity index is 2.69. The van der Waals surface area contributed by atoms with Crippen molar-refractivity contribution in [1.29, 1.82) is 0 Å². The molecule has 1 amide bonds. The van der Waals surface area contributed by atoms with E-state index >= 15 is 0 Å². The number of rotatable bonds is 5. The van der Waals surface area contributed by atoms with Gasteiger partial charge in [0.05, 0.1) is 10.7 Å². The monoisotopic (exact) mass is 406 g/mol. The van der Waals surface area contributed by atoms with Crippen molar-refractivity contribution < 1.29 is 13.2 Å². The van der Waals surface area contributed by atoms with E-state index in [4.69, 9.17) is 40.5 Å². The second-order valence-electron chi connectivity index (χ2n) is 4.94. The Kier molecular flexibility index (Phi) is 5.65. The predicted octanol–water partition coefficient (Wildman–Crippen LogP) is 3.64. The molecule has 128 valence electrons. The highest BCUT2D eigenvalue weighted by Gasteiger charge is 2.30. The molecule has 2 aromatic carbocycles. The van der Waals surface area contributed by atoms with Crippen LogP contribution < -0.4 is 10.0 Å². The van der Waals surface area contributed by atoms with E-state index in [-0.39, 0.29) is 20.6 Å². The summed E-state index contributed by atoms with van der Waals surface area (Å²) in [4.78, 5) is 11.2. The SMILES string of the molecule is Cc1c(Cl)cccc1N(CC(N)=O)S(=O)(=O)c1cc(Cl)ccc1Cl. The maximum Gasteiger partial charge on any atom is 0.266 e. The van der Waals surface area contributed by atoms with Gasteiger partial charge in [0.2, 0.25) is 5.91 Å². The summed E-state index contributed by atoms with van der Waals surface area (Å²) < 4.78 is 26.9. The van der Waals surface area contributed by atoms with Crippen LogP contribution in [0.5, 0.6) is 0 Å². The molecule has 0 saturated carbocycles. The molecule has 0 spiro atoms. The molecule has 0 heterocycles. The maximum atomic E-state index is 13.0. The molecule has 5 nitrogen and oxygen atoms in total. The fourth-order valence-corrected chi connectivity index (χ4v) is 4.50. The van der Waals surface area contributed by atoms with Crippen molar-refractivity contribution in [1.82, 2.24) is 0 Å². The van der Waals surface area contributed by atoms with Crippen LogP contribution in [0.25, 0.3) is 0 Å². The molecule has 0 unspecified atom stereocenters. The number of carbonyl (C=O) groups excluding carboxylic acids is 1. The summed E-state index contributed by atoms with van der Waals surface area (Å²) in [6.45, 7) is 1.08. The zero-order valence-electron chi connectivity index (χ0n) is 12.5. The summed E-state index contributed by atoms with van der Waals surface area (Å²) in [6, 6.07) is 8.76.